The quantitative estimate of drug-likeness (QED) is 0.140. The van der Waals surface area contributed by atoms with E-state index in [1.165, 1.54) is 21.3 Å². The van der Waals surface area contributed by atoms with Gasteiger partial charge in [-0.25, -0.2) is 19.6 Å². The lowest BCUT2D eigenvalue weighted by atomic mass is 10.0. The number of benzene rings is 2. The van der Waals surface area contributed by atoms with Crippen LogP contribution < -0.4 is 10.6 Å². The van der Waals surface area contributed by atoms with Gasteiger partial charge in [-0.1, -0.05) is 37.8 Å². The smallest absolute Gasteiger partial charge is 0.407 e. The van der Waals surface area contributed by atoms with Gasteiger partial charge in [-0.3, -0.25) is 14.6 Å². The van der Waals surface area contributed by atoms with Crippen molar-refractivity contribution >= 4 is 45.8 Å². The number of amides is 4. The highest BCUT2D eigenvalue weighted by atomic mass is 16.5. The van der Waals surface area contributed by atoms with Gasteiger partial charge in [-0.2, -0.15) is 0 Å². The Morgan fingerprint density at radius 3 is 2.19 bits per heavy atom. The van der Waals surface area contributed by atoms with Gasteiger partial charge in [0.15, 0.2) is 0 Å². The maximum absolute atomic E-state index is 13.5. The molecule has 2 aliphatic heterocycles. The van der Waals surface area contributed by atoms with Crippen molar-refractivity contribution in [2.75, 3.05) is 41.0 Å². The molecule has 4 amide bonds. The van der Waals surface area contributed by atoms with Crippen molar-refractivity contribution in [1.29, 1.82) is 0 Å². The Morgan fingerprint density at radius 2 is 1.50 bits per heavy atom. The largest absolute Gasteiger partial charge is 0.453 e. The number of rotatable bonds is 10. The molecule has 302 valence electrons. The van der Waals surface area contributed by atoms with Gasteiger partial charge in [-0.05, 0) is 67.3 Å². The number of aromatic amines is 2. The molecule has 2 aliphatic rings. The number of carbonyl (C=O) groups is 4. The first-order valence-electron chi connectivity index (χ1n) is 19.3. The van der Waals surface area contributed by atoms with Gasteiger partial charge in [0.2, 0.25) is 11.8 Å². The van der Waals surface area contributed by atoms with Crippen molar-refractivity contribution in [2.24, 2.45) is 5.92 Å². The number of likely N-dealkylation sites (tertiary alicyclic amines) is 2. The van der Waals surface area contributed by atoms with Crippen molar-refractivity contribution in [3.63, 3.8) is 0 Å². The monoisotopic (exact) mass is 789 g/mol. The number of fused-ring (bicyclic) bond motifs is 3. The summed E-state index contributed by atoms with van der Waals surface area (Å²) >= 11 is 0. The minimum atomic E-state index is -0.877. The Kier molecular flexibility index (Phi) is 11.9. The van der Waals surface area contributed by atoms with Crippen LogP contribution in [0.2, 0.25) is 0 Å². The first-order chi connectivity index (χ1) is 28.1. The fourth-order valence-electron chi connectivity index (χ4n) is 7.71. The highest BCUT2D eigenvalue weighted by molar-refractivity contribution is 6.04. The molecule has 7 rings (SSSR count). The van der Waals surface area contributed by atoms with Crippen LogP contribution in [0.5, 0.6) is 0 Å². The van der Waals surface area contributed by atoms with E-state index in [0.717, 1.165) is 64.3 Å². The topological polar surface area (TPSA) is 197 Å². The van der Waals surface area contributed by atoms with E-state index in [4.69, 9.17) is 19.2 Å². The summed E-state index contributed by atoms with van der Waals surface area (Å²) in [6, 6.07) is 11.7. The summed E-state index contributed by atoms with van der Waals surface area (Å²) < 4.78 is 14.7. The second-order valence-electron chi connectivity index (χ2n) is 14.8. The number of nitrogens with zero attached hydrogens (tertiary/aromatic N) is 5. The van der Waals surface area contributed by atoms with E-state index in [2.05, 4.69) is 42.4 Å². The average Bonchev–Trinajstić information content (AvgIpc) is 4.07. The Bertz CT molecular complexity index is 2380. The molecule has 4 N–H and O–H groups in total. The normalized spacial score (nSPS) is 17.6. The summed E-state index contributed by atoms with van der Waals surface area (Å²) in [5, 5.41) is 7.19. The average molecular weight is 790 g/mol. The van der Waals surface area contributed by atoms with E-state index in [0.29, 0.717) is 30.4 Å². The van der Waals surface area contributed by atoms with Crippen LogP contribution in [0.4, 0.5) is 9.59 Å². The molecule has 2 fully saturated rings. The molecule has 5 heterocycles. The van der Waals surface area contributed by atoms with E-state index in [-0.39, 0.29) is 36.4 Å². The third-order valence-electron chi connectivity index (χ3n) is 10.7. The maximum Gasteiger partial charge on any atom is 0.407 e. The van der Waals surface area contributed by atoms with E-state index >= 15 is 0 Å². The van der Waals surface area contributed by atoms with Gasteiger partial charge in [-0.15, -0.1) is 0 Å². The number of aromatic nitrogens is 5. The molecule has 0 bridgehead atoms. The number of methoxy groups -OCH3 is 3. The van der Waals surface area contributed by atoms with Gasteiger partial charge in [0.1, 0.15) is 23.7 Å². The second kappa shape index (κ2) is 17.3. The molecule has 58 heavy (non-hydrogen) atoms. The second-order valence-corrected chi connectivity index (χ2v) is 14.8. The van der Waals surface area contributed by atoms with Crippen molar-refractivity contribution in [1.82, 2.24) is 45.4 Å². The number of imidazole rings is 2. The van der Waals surface area contributed by atoms with Crippen LogP contribution in [0.1, 0.15) is 74.4 Å². The summed E-state index contributed by atoms with van der Waals surface area (Å²) in [7, 11) is 4.01. The lowest BCUT2D eigenvalue weighted by Crippen LogP contribution is -2.51. The number of carbonyl (C=O) groups excluding carboxylic acids is 4. The molecular formula is C42H47N9O7. The van der Waals surface area contributed by atoms with Gasteiger partial charge in [0.05, 0.1) is 61.5 Å². The molecule has 4 atom stereocenters. The zero-order valence-corrected chi connectivity index (χ0v) is 33.1. The number of ether oxygens (including phenoxy) is 3. The van der Waals surface area contributed by atoms with Crippen molar-refractivity contribution in [3.05, 3.63) is 77.6 Å². The molecule has 0 radical (unpaired) electrons. The number of alkyl carbamates (subject to hydrolysis) is 2. The molecule has 2 saturated heterocycles. The summed E-state index contributed by atoms with van der Waals surface area (Å²) in [6.07, 6.45) is 5.22. The van der Waals surface area contributed by atoms with Crippen molar-refractivity contribution in [3.8, 4) is 23.2 Å². The first-order valence-corrected chi connectivity index (χ1v) is 19.3. The Labute approximate surface area is 335 Å². The van der Waals surface area contributed by atoms with E-state index < -0.39 is 24.3 Å². The zero-order chi connectivity index (χ0) is 40.9. The molecular weight excluding hydrogens is 743 g/mol. The highest BCUT2D eigenvalue weighted by Crippen LogP contribution is 2.35. The molecule has 0 aliphatic carbocycles. The molecule has 0 saturated carbocycles. The third-order valence-corrected chi connectivity index (χ3v) is 10.7. The number of nitrogens with one attached hydrogen (secondary N) is 4. The maximum atomic E-state index is 13.5. The third kappa shape index (κ3) is 8.30. The van der Waals surface area contributed by atoms with Crippen molar-refractivity contribution in [2.45, 2.75) is 63.7 Å². The number of hydrogen-bond donors (Lipinski definition) is 4. The molecule has 2 unspecified atom stereocenters. The van der Waals surface area contributed by atoms with Crippen LogP contribution in [-0.4, -0.2) is 112 Å². The lowest BCUT2D eigenvalue weighted by Gasteiger charge is -2.30. The molecule has 0 spiro atoms. The van der Waals surface area contributed by atoms with Crippen LogP contribution >= 0.6 is 0 Å². The standard InChI is InChI=1S/C42H47N9O7/c1-24(2)35(49-42(55)58-5)40(53)51-19-6-8-33(51)37-44-22-31(46-37)29-16-13-26(21-43-29)11-10-25-12-15-28-27(20-25)14-17-30-36(28)48-38(45-30)34-9-7-18-50(34)39(52)32(23-56-3)47-41(54)57-4/h12-17,20-22,24,32-35H,6-9,18-19,23H2,1-5H3,(H,44,46)(H,45,48)(H,47,54)(H,49,55)/t32-,33?,34?,35-/m0/s1. The van der Waals surface area contributed by atoms with Gasteiger partial charge >= 0.3 is 12.2 Å². The summed E-state index contributed by atoms with van der Waals surface area (Å²) in [5.41, 5.74) is 4.65. The van der Waals surface area contributed by atoms with Crippen LogP contribution in [0.15, 0.2) is 54.9 Å². The molecule has 2 aromatic carbocycles. The molecule has 3 aromatic heterocycles. The van der Waals surface area contributed by atoms with Crippen LogP contribution in [-0.2, 0) is 23.8 Å². The van der Waals surface area contributed by atoms with Crippen molar-refractivity contribution < 1.29 is 33.4 Å². The van der Waals surface area contributed by atoms with Gasteiger partial charge in [0.25, 0.3) is 0 Å². The predicted molar refractivity (Wildman–Crippen MR) is 214 cm³/mol. The molecule has 16 nitrogen and oxygen atoms in total. The molecule has 16 heteroatoms. The Morgan fingerprint density at radius 1 is 0.810 bits per heavy atom. The minimum absolute atomic E-state index is 0.0202. The lowest BCUT2D eigenvalue weighted by molar-refractivity contribution is -0.136. The van der Waals surface area contributed by atoms with Crippen LogP contribution in [0.25, 0.3) is 33.2 Å². The SMILES string of the molecule is COC[C@H](NC(=O)OC)C(=O)N1CCCC1c1nc2c(ccc3cc(C#Cc4ccc(-c5cnc(C6CCCN6C(=O)[C@@H](NC(=O)OC)C(C)C)[nH]5)nc4)ccc32)[nH]1. The minimum Gasteiger partial charge on any atom is -0.453 e. The van der Waals surface area contributed by atoms with Gasteiger partial charge < -0.3 is 44.6 Å². The fraction of sp³-hybridized carbons (Fsp3) is 0.405. The predicted octanol–water partition coefficient (Wildman–Crippen LogP) is 4.98. The van der Waals surface area contributed by atoms with E-state index in [1.54, 1.807) is 22.2 Å². The Balaban J connectivity index is 1.03. The van der Waals surface area contributed by atoms with E-state index in [1.807, 2.05) is 56.3 Å². The molecule has 5 aromatic rings. The number of H-pyrrole nitrogens is 2. The number of pyridine rings is 1. The summed E-state index contributed by atoms with van der Waals surface area (Å²) in [6.45, 7) is 4.90. The van der Waals surface area contributed by atoms with E-state index in [9.17, 15) is 19.2 Å². The summed E-state index contributed by atoms with van der Waals surface area (Å²) in [4.78, 5) is 75.4. The number of hydrogen-bond acceptors (Lipinski definition) is 10. The highest BCUT2D eigenvalue weighted by Gasteiger charge is 2.38. The zero-order valence-electron chi connectivity index (χ0n) is 33.1. The fourth-order valence-corrected chi connectivity index (χ4v) is 7.71. The van der Waals surface area contributed by atoms with Gasteiger partial charge in [0, 0.05) is 42.9 Å². The summed E-state index contributed by atoms with van der Waals surface area (Å²) in [5.74, 6) is 7.29. The van der Waals surface area contributed by atoms with Crippen LogP contribution in [0.3, 0.4) is 0 Å². The van der Waals surface area contributed by atoms with Crippen LogP contribution in [0, 0.1) is 17.8 Å². The first kappa shape index (κ1) is 39.8. The Hall–Kier alpha value is -6.47.